The number of carbonyl (C=O) groups excluding carboxylic acids is 3. The number of aryl methyl sites for hydroxylation is 1. The second kappa shape index (κ2) is 17.3. The first kappa shape index (κ1) is 36.6. The summed E-state index contributed by atoms with van der Waals surface area (Å²) in [5, 5.41) is 23.2. The van der Waals surface area contributed by atoms with Crippen molar-refractivity contribution in [1.82, 2.24) is 25.9 Å². The Morgan fingerprint density at radius 3 is 2.16 bits per heavy atom. The molecule has 3 aromatic carbocycles. The topological polar surface area (TPSA) is 177 Å². The molecular weight excluding hydrogens is 656 g/mol. The molecule has 12 nitrogen and oxygen atoms in total. The molecule has 0 unspecified atom stereocenters. The molecule has 1 saturated carbocycles. The summed E-state index contributed by atoms with van der Waals surface area (Å²) in [6.45, 7) is 3.84. The van der Waals surface area contributed by atoms with E-state index in [1.165, 1.54) is 0 Å². The molecule has 0 spiro atoms. The second-order valence-corrected chi connectivity index (χ2v) is 13.1. The molecule has 0 bridgehead atoms. The first-order valence-corrected chi connectivity index (χ1v) is 17.1. The van der Waals surface area contributed by atoms with Gasteiger partial charge in [-0.1, -0.05) is 36.4 Å². The largest absolute Gasteiger partial charge is 0.381 e. The van der Waals surface area contributed by atoms with Crippen LogP contribution in [0.25, 0.3) is 22.5 Å². The van der Waals surface area contributed by atoms with E-state index in [1.54, 1.807) is 24.3 Å². The lowest BCUT2D eigenvalue weighted by Crippen LogP contribution is -2.48. The average Bonchev–Trinajstić information content (AvgIpc) is 3.69. The Balaban J connectivity index is 0.00000486. The number of tetrazole rings is 1. The van der Waals surface area contributed by atoms with Crippen LogP contribution in [0, 0.1) is 24.7 Å². The number of hydrogen-bond acceptors (Lipinski definition) is 8. The van der Waals surface area contributed by atoms with Gasteiger partial charge in [-0.15, -0.1) is 22.6 Å². The summed E-state index contributed by atoms with van der Waals surface area (Å²) in [7, 11) is 0. The molecule has 1 aliphatic carbocycles. The van der Waals surface area contributed by atoms with Crippen molar-refractivity contribution in [3.63, 3.8) is 0 Å². The van der Waals surface area contributed by atoms with Gasteiger partial charge in [-0.3, -0.25) is 14.4 Å². The molecule has 13 heteroatoms. The van der Waals surface area contributed by atoms with Crippen molar-refractivity contribution in [3.8, 4) is 22.5 Å². The number of amides is 3. The van der Waals surface area contributed by atoms with E-state index >= 15 is 0 Å². The van der Waals surface area contributed by atoms with Crippen molar-refractivity contribution in [3.05, 3.63) is 77.9 Å². The standard InChI is InChI=1S/C37H44N8O4.ClH/c1-23-2-7-30(21-32(23)40-36(47)29-16-18-49-19-17-29)26-8-3-24(4-9-26)20-33(41-35(46)28-10-5-25(22-38)6-11-28)37(48)39-31-14-12-27(13-15-31)34-42-44-45-43-34;/h2-4,7-9,12-15,21,25,28-29,33H,5-6,10-11,16-20,22,38H2,1H3,(H,39,48)(H,40,47)(H,41,46)(H,42,43,44,45);1H/t25?,28?,33-;/m0./s1. The van der Waals surface area contributed by atoms with Crippen LogP contribution in [-0.2, 0) is 25.5 Å². The molecule has 1 saturated heterocycles. The van der Waals surface area contributed by atoms with Crippen LogP contribution in [0.15, 0.2) is 66.7 Å². The number of nitrogens with one attached hydrogen (secondary N) is 4. The van der Waals surface area contributed by atoms with Crippen molar-refractivity contribution >= 4 is 41.5 Å². The smallest absolute Gasteiger partial charge is 0.247 e. The first-order chi connectivity index (χ1) is 23.9. The predicted octanol–water partition coefficient (Wildman–Crippen LogP) is 5.06. The molecule has 2 fully saturated rings. The van der Waals surface area contributed by atoms with Crippen LogP contribution in [0.4, 0.5) is 11.4 Å². The van der Waals surface area contributed by atoms with Crippen molar-refractivity contribution in [2.75, 3.05) is 30.4 Å². The second-order valence-electron chi connectivity index (χ2n) is 13.1. The molecule has 2 aliphatic rings. The maximum absolute atomic E-state index is 13.7. The maximum Gasteiger partial charge on any atom is 0.247 e. The zero-order valence-corrected chi connectivity index (χ0v) is 29.0. The minimum atomic E-state index is -0.783. The molecule has 1 aromatic heterocycles. The minimum Gasteiger partial charge on any atom is -0.381 e. The quantitative estimate of drug-likeness (QED) is 0.144. The van der Waals surface area contributed by atoms with Crippen LogP contribution >= 0.6 is 12.4 Å². The van der Waals surface area contributed by atoms with E-state index in [0.29, 0.717) is 43.6 Å². The van der Waals surface area contributed by atoms with Gasteiger partial charge in [0.2, 0.25) is 23.5 Å². The Labute approximate surface area is 298 Å². The first-order valence-electron chi connectivity index (χ1n) is 17.1. The van der Waals surface area contributed by atoms with Crippen LogP contribution in [-0.4, -0.2) is 64.1 Å². The van der Waals surface area contributed by atoms with Crippen LogP contribution in [0.1, 0.15) is 49.7 Å². The third-order valence-corrected chi connectivity index (χ3v) is 9.75. The van der Waals surface area contributed by atoms with Gasteiger partial charge in [0.05, 0.1) is 0 Å². The van der Waals surface area contributed by atoms with E-state index in [0.717, 1.165) is 72.0 Å². The van der Waals surface area contributed by atoms with E-state index in [4.69, 9.17) is 10.5 Å². The minimum absolute atomic E-state index is 0. The molecule has 1 atom stereocenters. The van der Waals surface area contributed by atoms with Gasteiger partial charge in [0, 0.05) is 48.4 Å². The molecule has 0 radical (unpaired) electrons. The number of carbonyl (C=O) groups is 3. The van der Waals surface area contributed by atoms with Crippen LogP contribution in [0.3, 0.4) is 0 Å². The average molecular weight is 701 g/mol. The summed E-state index contributed by atoms with van der Waals surface area (Å²) in [5.74, 6) is 0.345. The number of aromatic nitrogens is 4. The zero-order chi connectivity index (χ0) is 34.2. The Kier molecular flexibility index (Phi) is 12.7. The fourth-order valence-corrected chi connectivity index (χ4v) is 6.58. The van der Waals surface area contributed by atoms with E-state index in [9.17, 15) is 14.4 Å². The van der Waals surface area contributed by atoms with Crippen LogP contribution in [0.2, 0.25) is 0 Å². The summed E-state index contributed by atoms with van der Waals surface area (Å²) in [5.41, 5.74) is 11.9. The van der Waals surface area contributed by atoms with E-state index < -0.39 is 6.04 Å². The number of aromatic amines is 1. The van der Waals surface area contributed by atoms with Gasteiger partial charge >= 0.3 is 0 Å². The van der Waals surface area contributed by atoms with Gasteiger partial charge < -0.3 is 26.4 Å². The van der Waals surface area contributed by atoms with Gasteiger partial charge in [0.15, 0.2) is 0 Å². The molecule has 1 aliphatic heterocycles. The Hall–Kier alpha value is -4.65. The lowest BCUT2D eigenvalue weighted by molar-refractivity contribution is -0.130. The highest BCUT2D eigenvalue weighted by atomic mass is 35.5. The number of H-pyrrole nitrogens is 1. The lowest BCUT2D eigenvalue weighted by atomic mass is 9.81. The number of hydrogen-bond donors (Lipinski definition) is 5. The van der Waals surface area contributed by atoms with Crippen LogP contribution in [0.5, 0.6) is 0 Å². The van der Waals surface area contributed by atoms with Crippen molar-refractivity contribution in [2.45, 2.75) is 57.9 Å². The number of rotatable bonds is 11. The van der Waals surface area contributed by atoms with E-state index in [1.807, 2.05) is 49.4 Å². The Morgan fingerprint density at radius 1 is 0.840 bits per heavy atom. The van der Waals surface area contributed by atoms with Crippen molar-refractivity contribution < 1.29 is 19.1 Å². The molecule has 2 heterocycles. The van der Waals surface area contributed by atoms with Gasteiger partial charge in [-0.2, -0.15) is 5.21 Å². The molecule has 264 valence electrons. The summed E-state index contributed by atoms with van der Waals surface area (Å²) >= 11 is 0. The number of halogens is 1. The third kappa shape index (κ3) is 9.32. The normalized spacial score (nSPS) is 18.4. The Morgan fingerprint density at radius 2 is 1.50 bits per heavy atom. The lowest BCUT2D eigenvalue weighted by Gasteiger charge is -2.28. The predicted molar refractivity (Wildman–Crippen MR) is 194 cm³/mol. The maximum atomic E-state index is 13.7. The highest BCUT2D eigenvalue weighted by Crippen LogP contribution is 2.30. The van der Waals surface area contributed by atoms with Gasteiger partial charge in [-0.05, 0) is 116 Å². The molecule has 3 amide bonds. The SMILES string of the molecule is Cc1ccc(-c2ccc(C[C@H](NC(=O)C3CCC(CN)CC3)C(=O)Nc3ccc(-c4nn[nH]n4)cc3)cc2)cc1NC(=O)C1CCOCC1.Cl. The molecular formula is C37H45ClN8O4. The highest BCUT2D eigenvalue weighted by molar-refractivity contribution is 5.98. The Bertz CT molecular complexity index is 1720. The van der Waals surface area contributed by atoms with Crippen LogP contribution < -0.4 is 21.7 Å². The fourth-order valence-electron chi connectivity index (χ4n) is 6.58. The molecule has 50 heavy (non-hydrogen) atoms. The highest BCUT2D eigenvalue weighted by Gasteiger charge is 2.29. The number of anilines is 2. The van der Waals surface area contributed by atoms with E-state index in [-0.39, 0.29) is 42.0 Å². The number of nitrogens with zero attached hydrogens (tertiary/aromatic N) is 3. The van der Waals surface area contributed by atoms with Gasteiger partial charge in [0.1, 0.15) is 6.04 Å². The summed E-state index contributed by atoms with van der Waals surface area (Å²) < 4.78 is 5.41. The number of ether oxygens (including phenoxy) is 1. The van der Waals surface area contributed by atoms with Gasteiger partial charge in [-0.25, -0.2) is 0 Å². The van der Waals surface area contributed by atoms with E-state index in [2.05, 4.69) is 36.6 Å². The monoisotopic (exact) mass is 700 g/mol. The number of benzene rings is 3. The fraction of sp³-hybridized carbons (Fsp3) is 0.405. The summed E-state index contributed by atoms with van der Waals surface area (Å²) in [6, 6.07) is 20.4. The summed E-state index contributed by atoms with van der Waals surface area (Å²) in [4.78, 5) is 40.0. The molecule has 4 aromatic rings. The van der Waals surface area contributed by atoms with Crippen molar-refractivity contribution in [2.24, 2.45) is 23.5 Å². The molecule has 6 rings (SSSR count). The number of nitrogens with two attached hydrogens (primary N) is 1. The van der Waals surface area contributed by atoms with Crippen molar-refractivity contribution in [1.29, 1.82) is 0 Å². The van der Waals surface area contributed by atoms with Gasteiger partial charge in [0.25, 0.3) is 0 Å². The zero-order valence-electron chi connectivity index (χ0n) is 28.2. The molecule has 6 N–H and O–H groups in total. The summed E-state index contributed by atoms with van der Waals surface area (Å²) in [6.07, 6.45) is 5.14. The third-order valence-electron chi connectivity index (χ3n) is 9.75.